The topological polar surface area (TPSA) is 46.8 Å². The minimum absolute atomic E-state index is 0.876. The molecule has 3 heterocycles. The lowest BCUT2D eigenvalue weighted by Gasteiger charge is -2.27. The maximum Gasteiger partial charge on any atom is 0.187 e. The third kappa shape index (κ3) is 2.86. The molecule has 0 aromatic carbocycles. The molecule has 1 aliphatic rings. The lowest BCUT2D eigenvalue weighted by molar-refractivity contribution is 0.242. The van der Waals surface area contributed by atoms with E-state index >= 15 is 0 Å². The fraction of sp³-hybridized carbons (Fsp3) is 0.500. The van der Waals surface area contributed by atoms with Crippen LogP contribution in [0.3, 0.4) is 0 Å². The van der Waals surface area contributed by atoms with Crippen molar-refractivity contribution in [2.45, 2.75) is 38.1 Å². The molecule has 106 valence electrons. The number of thioether (sulfide) groups is 1. The molecule has 0 N–H and O–H groups in total. The largest absolute Gasteiger partial charge is 0.294 e. The van der Waals surface area contributed by atoms with Gasteiger partial charge in [-0.1, -0.05) is 11.8 Å². The summed E-state index contributed by atoms with van der Waals surface area (Å²) in [5.41, 5.74) is 3.75. The van der Waals surface area contributed by atoms with Gasteiger partial charge in [0.25, 0.3) is 0 Å². The molecule has 0 fully saturated rings. The van der Waals surface area contributed by atoms with Crippen LogP contribution in [0.5, 0.6) is 0 Å². The van der Waals surface area contributed by atoms with E-state index in [4.69, 9.17) is 0 Å². The summed E-state index contributed by atoms with van der Waals surface area (Å²) >= 11 is 1.60. The number of fused-ring (bicyclic) bond motifs is 1. The van der Waals surface area contributed by atoms with E-state index in [0.717, 1.165) is 37.8 Å². The summed E-state index contributed by atoms with van der Waals surface area (Å²) in [6.07, 6.45) is 9.10. The fourth-order valence-electron chi connectivity index (χ4n) is 2.51. The molecular formula is C14H19N5S. The predicted octanol–water partition coefficient (Wildman–Crippen LogP) is 1.97. The van der Waals surface area contributed by atoms with Gasteiger partial charge in [0.15, 0.2) is 5.16 Å². The van der Waals surface area contributed by atoms with E-state index in [1.54, 1.807) is 11.8 Å². The molecule has 0 saturated heterocycles. The predicted molar refractivity (Wildman–Crippen MR) is 79.5 cm³/mol. The summed E-state index contributed by atoms with van der Waals surface area (Å²) in [4.78, 5) is 11.4. The smallest absolute Gasteiger partial charge is 0.187 e. The first-order chi connectivity index (χ1) is 9.78. The van der Waals surface area contributed by atoms with Gasteiger partial charge in [-0.05, 0) is 13.2 Å². The van der Waals surface area contributed by atoms with Crippen LogP contribution in [0, 0.1) is 0 Å². The van der Waals surface area contributed by atoms with Crippen LogP contribution in [0.1, 0.15) is 23.7 Å². The molecule has 1 aliphatic heterocycles. The number of aryl methyl sites for hydroxylation is 1. The van der Waals surface area contributed by atoms with Crippen molar-refractivity contribution in [3.63, 3.8) is 0 Å². The molecule has 5 nitrogen and oxygen atoms in total. The van der Waals surface area contributed by atoms with Crippen LogP contribution in [-0.2, 0) is 26.1 Å². The van der Waals surface area contributed by atoms with E-state index in [0.29, 0.717) is 0 Å². The minimum Gasteiger partial charge on any atom is -0.294 e. The van der Waals surface area contributed by atoms with E-state index in [1.165, 1.54) is 16.8 Å². The van der Waals surface area contributed by atoms with Crippen LogP contribution in [0.15, 0.2) is 23.7 Å². The van der Waals surface area contributed by atoms with Gasteiger partial charge < -0.3 is 0 Å². The van der Waals surface area contributed by atoms with E-state index in [-0.39, 0.29) is 0 Å². The van der Waals surface area contributed by atoms with Crippen LogP contribution in [0.25, 0.3) is 0 Å². The molecule has 0 aliphatic carbocycles. The molecule has 0 atom stereocenters. The Morgan fingerprint density at radius 2 is 2.25 bits per heavy atom. The molecule has 2 aromatic rings. The van der Waals surface area contributed by atoms with Gasteiger partial charge in [-0.3, -0.25) is 9.58 Å². The molecule has 0 amide bonds. The highest BCUT2D eigenvalue weighted by atomic mass is 32.2. The van der Waals surface area contributed by atoms with Crippen molar-refractivity contribution in [1.82, 2.24) is 24.6 Å². The van der Waals surface area contributed by atoms with Gasteiger partial charge in [0.2, 0.25) is 0 Å². The van der Waals surface area contributed by atoms with Crippen LogP contribution < -0.4 is 0 Å². The van der Waals surface area contributed by atoms with E-state index in [9.17, 15) is 0 Å². The van der Waals surface area contributed by atoms with Crippen LogP contribution in [0.4, 0.5) is 0 Å². The summed E-state index contributed by atoms with van der Waals surface area (Å²) in [5, 5.41) is 5.21. The highest BCUT2D eigenvalue weighted by Gasteiger charge is 2.18. The SMILES string of the molecule is CCn1cc(CN2CCc3nc(SC)ncc3C2)cn1. The minimum atomic E-state index is 0.876. The normalized spacial score (nSPS) is 15.3. The Morgan fingerprint density at radius 3 is 3.00 bits per heavy atom. The van der Waals surface area contributed by atoms with Gasteiger partial charge in [0.1, 0.15) is 0 Å². The van der Waals surface area contributed by atoms with Crippen molar-refractivity contribution in [3.8, 4) is 0 Å². The van der Waals surface area contributed by atoms with Crippen molar-refractivity contribution >= 4 is 11.8 Å². The zero-order valence-corrected chi connectivity index (χ0v) is 12.7. The van der Waals surface area contributed by atoms with E-state index < -0.39 is 0 Å². The van der Waals surface area contributed by atoms with Gasteiger partial charge in [-0.25, -0.2) is 9.97 Å². The van der Waals surface area contributed by atoms with Gasteiger partial charge in [-0.15, -0.1) is 0 Å². The second kappa shape index (κ2) is 5.93. The van der Waals surface area contributed by atoms with Crippen molar-refractivity contribution < 1.29 is 0 Å². The number of nitrogens with zero attached hydrogens (tertiary/aromatic N) is 5. The standard InChI is InChI=1S/C14H19N5S/c1-3-19-9-11(6-16-19)8-18-5-4-13-12(10-18)7-15-14(17-13)20-2/h6-7,9H,3-5,8,10H2,1-2H3. The molecule has 20 heavy (non-hydrogen) atoms. The summed E-state index contributed by atoms with van der Waals surface area (Å²) in [7, 11) is 0. The summed E-state index contributed by atoms with van der Waals surface area (Å²) in [5.74, 6) is 0. The zero-order valence-electron chi connectivity index (χ0n) is 11.9. The molecule has 3 rings (SSSR count). The Kier molecular flexibility index (Phi) is 4.03. The average molecular weight is 289 g/mol. The molecule has 0 radical (unpaired) electrons. The van der Waals surface area contributed by atoms with Crippen molar-refractivity contribution in [2.75, 3.05) is 12.8 Å². The van der Waals surface area contributed by atoms with Crippen LogP contribution >= 0.6 is 11.8 Å². The van der Waals surface area contributed by atoms with Crippen LogP contribution in [0.2, 0.25) is 0 Å². The third-order valence-electron chi connectivity index (χ3n) is 3.59. The summed E-state index contributed by atoms with van der Waals surface area (Å²) in [6, 6.07) is 0. The summed E-state index contributed by atoms with van der Waals surface area (Å²) in [6.45, 7) is 5.96. The van der Waals surface area contributed by atoms with Gasteiger partial charge >= 0.3 is 0 Å². The average Bonchev–Trinajstić information content (AvgIpc) is 2.94. The number of aromatic nitrogens is 4. The zero-order chi connectivity index (χ0) is 13.9. The van der Waals surface area contributed by atoms with Crippen LogP contribution in [-0.4, -0.2) is 37.4 Å². The quantitative estimate of drug-likeness (QED) is 0.636. The third-order valence-corrected chi connectivity index (χ3v) is 4.15. The van der Waals surface area contributed by atoms with Gasteiger partial charge in [0, 0.05) is 56.1 Å². The Balaban J connectivity index is 1.69. The lowest BCUT2D eigenvalue weighted by atomic mass is 10.1. The monoisotopic (exact) mass is 289 g/mol. The van der Waals surface area contributed by atoms with E-state index in [1.807, 2.05) is 23.3 Å². The van der Waals surface area contributed by atoms with Gasteiger partial charge in [-0.2, -0.15) is 5.10 Å². The number of hydrogen-bond acceptors (Lipinski definition) is 5. The lowest BCUT2D eigenvalue weighted by Crippen LogP contribution is -2.30. The highest BCUT2D eigenvalue weighted by molar-refractivity contribution is 7.98. The van der Waals surface area contributed by atoms with E-state index in [2.05, 4.69) is 33.1 Å². The first-order valence-electron chi connectivity index (χ1n) is 6.91. The summed E-state index contributed by atoms with van der Waals surface area (Å²) < 4.78 is 1.97. The molecule has 0 unspecified atom stereocenters. The van der Waals surface area contributed by atoms with Crippen molar-refractivity contribution in [1.29, 1.82) is 0 Å². The molecule has 0 spiro atoms. The fourth-order valence-corrected chi connectivity index (χ4v) is 2.87. The van der Waals surface area contributed by atoms with Crippen molar-refractivity contribution in [2.24, 2.45) is 0 Å². The Morgan fingerprint density at radius 1 is 1.35 bits per heavy atom. The maximum atomic E-state index is 4.60. The molecule has 2 aromatic heterocycles. The second-order valence-corrected chi connectivity index (χ2v) is 5.77. The van der Waals surface area contributed by atoms with Gasteiger partial charge in [0.05, 0.1) is 11.9 Å². The highest BCUT2D eigenvalue weighted by Crippen LogP contribution is 2.20. The van der Waals surface area contributed by atoms with Crippen molar-refractivity contribution in [3.05, 3.63) is 35.4 Å². The maximum absolute atomic E-state index is 4.60. The Hall–Kier alpha value is -1.40. The molecule has 0 bridgehead atoms. The first-order valence-corrected chi connectivity index (χ1v) is 8.13. The Bertz CT molecular complexity index is 595. The number of rotatable bonds is 4. The first kappa shape index (κ1) is 13.6. The molecular weight excluding hydrogens is 270 g/mol. The Labute approximate surface area is 123 Å². The molecule has 6 heteroatoms. The molecule has 0 saturated carbocycles. The number of hydrogen-bond donors (Lipinski definition) is 0. The second-order valence-electron chi connectivity index (χ2n) is 4.99.